The smallest absolute Gasteiger partial charge is 0.307 e. The summed E-state index contributed by atoms with van der Waals surface area (Å²) < 4.78 is 10.9. The molecule has 1 atom stereocenters. The number of hydrogen-bond acceptors (Lipinski definition) is 6. The first-order valence-corrected chi connectivity index (χ1v) is 7.03. The number of rotatable bonds is 8. The van der Waals surface area contributed by atoms with Crippen molar-refractivity contribution in [1.82, 2.24) is 5.23 Å². The normalized spacial score (nSPS) is 12.3. The summed E-state index contributed by atoms with van der Waals surface area (Å²) in [5, 5.41) is 2.82. The number of nitrogens with two attached hydrogens (primary N) is 1. The standard InChI is InChI=1S/C15H22BN2O4/c1-15(2,3)22-14(20)8-12(18-16-10-19)9-21-13-6-4-11(17)5-7-13/h4-7,10,12,18H,8-9,17H2,1-3H3/t12-/m1/s1. The van der Waals surface area contributed by atoms with E-state index in [1.54, 1.807) is 45.0 Å². The second-order valence-corrected chi connectivity index (χ2v) is 5.84. The van der Waals surface area contributed by atoms with Gasteiger partial charge in [-0.2, -0.15) is 0 Å². The predicted molar refractivity (Wildman–Crippen MR) is 86.2 cm³/mol. The maximum Gasteiger partial charge on any atom is 0.307 e. The van der Waals surface area contributed by atoms with Crippen LogP contribution in [0.4, 0.5) is 5.69 Å². The molecule has 0 aliphatic heterocycles. The third kappa shape index (κ3) is 7.68. The molecule has 0 unspecified atom stereocenters. The Morgan fingerprint density at radius 3 is 2.55 bits per heavy atom. The lowest BCUT2D eigenvalue weighted by Gasteiger charge is -2.22. The Bertz CT molecular complexity index is 485. The Hall–Kier alpha value is -2.02. The van der Waals surface area contributed by atoms with Crippen molar-refractivity contribution in [1.29, 1.82) is 0 Å². The quantitative estimate of drug-likeness (QED) is 0.324. The van der Waals surface area contributed by atoms with Crippen molar-refractivity contribution in [3.63, 3.8) is 0 Å². The maximum absolute atomic E-state index is 11.9. The van der Waals surface area contributed by atoms with Gasteiger partial charge in [-0.25, -0.2) is 0 Å². The van der Waals surface area contributed by atoms with Crippen molar-refractivity contribution in [2.45, 2.75) is 38.8 Å². The van der Waals surface area contributed by atoms with Gasteiger partial charge in [-0.1, -0.05) is 0 Å². The number of carbonyl (C=O) groups excluding carboxylic acids is 2. The molecule has 0 saturated heterocycles. The van der Waals surface area contributed by atoms with E-state index in [0.717, 1.165) is 0 Å². The van der Waals surface area contributed by atoms with E-state index in [2.05, 4.69) is 5.23 Å². The summed E-state index contributed by atoms with van der Waals surface area (Å²) in [7, 11) is 1.24. The summed E-state index contributed by atoms with van der Waals surface area (Å²) in [6, 6.07) is 6.57. The Kier molecular flexibility index (Phi) is 6.91. The van der Waals surface area contributed by atoms with Crippen LogP contribution in [0.5, 0.6) is 5.75 Å². The Balaban J connectivity index is 2.54. The van der Waals surface area contributed by atoms with Crippen LogP contribution in [-0.2, 0) is 14.3 Å². The number of nitrogen functional groups attached to an aromatic ring is 1. The lowest BCUT2D eigenvalue weighted by atomic mass is 9.96. The van der Waals surface area contributed by atoms with Gasteiger partial charge >= 0.3 is 5.97 Å². The number of ether oxygens (including phenoxy) is 2. The number of benzene rings is 1. The number of nitrogens with one attached hydrogen (secondary N) is 1. The van der Waals surface area contributed by atoms with Crippen LogP contribution >= 0.6 is 0 Å². The number of hydrogen-bond donors (Lipinski definition) is 2. The monoisotopic (exact) mass is 305 g/mol. The third-order valence-corrected chi connectivity index (χ3v) is 2.56. The molecule has 0 aromatic heterocycles. The fraction of sp³-hybridized carbons (Fsp3) is 0.467. The van der Waals surface area contributed by atoms with E-state index in [4.69, 9.17) is 15.2 Å². The molecule has 119 valence electrons. The summed E-state index contributed by atoms with van der Waals surface area (Å²) >= 11 is 0. The molecule has 0 heterocycles. The van der Waals surface area contributed by atoms with Crippen LogP contribution < -0.4 is 15.7 Å². The summed E-state index contributed by atoms with van der Waals surface area (Å²) in [5.41, 5.74) is 5.70. The van der Waals surface area contributed by atoms with Gasteiger partial charge < -0.3 is 25.2 Å². The van der Waals surface area contributed by atoms with Crippen LogP contribution in [0.2, 0.25) is 0 Å². The van der Waals surface area contributed by atoms with Gasteiger partial charge in [0.2, 0.25) is 0 Å². The molecule has 1 radical (unpaired) electrons. The van der Waals surface area contributed by atoms with Gasteiger partial charge in [-0.3, -0.25) is 4.79 Å². The molecule has 0 bridgehead atoms. The zero-order chi connectivity index (χ0) is 16.6. The molecule has 0 aliphatic rings. The van der Waals surface area contributed by atoms with E-state index in [1.165, 1.54) is 7.41 Å². The van der Waals surface area contributed by atoms with E-state index in [9.17, 15) is 9.59 Å². The lowest BCUT2D eigenvalue weighted by Crippen LogP contribution is -2.40. The highest BCUT2D eigenvalue weighted by atomic mass is 16.6. The molecule has 0 saturated carbocycles. The second kappa shape index (κ2) is 8.43. The topological polar surface area (TPSA) is 90.7 Å². The van der Waals surface area contributed by atoms with E-state index >= 15 is 0 Å². The predicted octanol–water partition coefficient (Wildman–Crippen LogP) is 1.15. The van der Waals surface area contributed by atoms with Crippen molar-refractivity contribution < 1.29 is 19.1 Å². The highest BCUT2D eigenvalue weighted by molar-refractivity contribution is 6.64. The summed E-state index contributed by atoms with van der Waals surface area (Å²) in [6.45, 7) is 5.62. The maximum atomic E-state index is 11.9. The second-order valence-electron chi connectivity index (χ2n) is 5.84. The average Bonchev–Trinajstić information content (AvgIpc) is 2.41. The minimum Gasteiger partial charge on any atom is -0.492 e. The van der Waals surface area contributed by atoms with Crippen LogP contribution in [0.1, 0.15) is 27.2 Å². The van der Waals surface area contributed by atoms with Crippen LogP contribution in [0.15, 0.2) is 24.3 Å². The van der Waals surface area contributed by atoms with Crippen LogP contribution in [0.3, 0.4) is 0 Å². The Labute approximate surface area is 131 Å². The summed E-state index contributed by atoms with van der Waals surface area (Å²) in [5.74, 6) is 0.279. The number of carbonyl (C=O) groups is 2. The summed E-state index contributed by atoms with van der Waals surface area (Å²) in [4.78, 5) is 22.3. The lowest BCUT2D eigenvalue weighted by molar-refractivity contribution is -0.155. The van der Waals surface area contributed by atoms with Gasteiger partial charge in [-0.15, -0.1) is 0 Å². The first kappa shape index (κ1) is 18.0. The molecule has 6 nitrogen and oxygen atoms in total. The van der Waals surface area contributed by atoms with E-state index in [1.807, 2.05) is 0 Å². The van der Waals surface area contributed by atoms with Crippen molar-refractivity contribution in [3.8, 4) is 5.75 Å². The van der Waals surface area contributed by atoms with Crippen molar-refractivity contribution in [2.24, 2.45) is 0 Å². The minimum atomic E-state index is -0.548. The number of esters is 1. The highest BCUT2D eigenvalue weighted by Gasteiger charge is 2.20. The molecule has 0 amide bonds. The van der Waals surface area contributed by atoms with Crippen molar-refractivity contribution in [2.75, 3.05) is 12.3 Å². The average molecular weight is 305 g/mol. The molecule has 7 heteroatoms. The van der Waals surface area contributed by atoms with Crippen LogP contribution in [0, 0.1) is 0 Å². The third-order valence-electron chi connectivity index (χ3n) is 2.56. The van der Waals surface area contributed by atoms with Gasteiger partial charge in [0.15, 0.2) is 0 Å². The van der Waals surface area contributed by atoms with Gasteiger partial charge in [0.1, 0.15) is 18.0 Å². The molecule has 1 aromatic rings. The van der Waals surface area contributed by atoms with E-state index in [0.29, 0.717) is 17.6 Å². The molecule has 22 heavy (non-hydrogen) atoms. The molecular formula is C15H22BN2O4. The molecule has 1 rings (SSSR count). The Morgan fingerprint density at radius 2 is 2.00 bits per heavy atom. The summed E-state index contributed by atoms with van der Waals surface area (Å²) in [6.07, 6.45) is 0.710. The minimum absolute atomic E-state index is 0.0938. The van der Waals surface area contributed by atoms with Gasteiger partial charge in [0.25, 0.3) is 7.41 Å². The zero-order valence-electron chi connectivity index (χ0n) is 13.2. The molecular weight excluding hydrogens is 283 g/mol. The van der Waals surface area contributed by atoms with E-state index < -0.39 is 5.60 Å². The first-order chi connectivity index (χ1) is 10.3. The van der Waals surface area contributed by atoms with Gasteiger partial charge in [-0.05, 0) is 45.0 Å². The molecule has 3 N–H and O–H groups in total. The van der Waals surface area contributed by atoms with Crippen molar-refractivity contribution in [3.05, 3.63) is 24.3 Å². The fourth-order valence-corrected chi connectivity index (χ4v) is 1.69. The molecule has 1 aromatic carbocycles. The molecule has 0 spiro atoms. The zero-order valence-corrected chi connectivity index (χ0v) is 13.2. The van der Waals surface area contributed by atoms with Crippen molar-refractivity contribution >= 4 is 25.3 Å². The van der Waals surface area contributed by atoms with Gasteiger partial charge in [0.05, 0.1) is 12.6 Å². The SMILES string of the molecule is CC(C)(C)OC(=O)C[C@H](COc1ccc(N)cc1)N[B]C=O. The largest absolute Gasteiger partial charge is 0.492 e. The highest BCUT2D eigenvalue weighted by Crippen LogP contribution is 2.14. The Morgan fingerprint density at radius 1 is 1.36 bits per heavy atom. The van der Waals surface area contributed by atoms with Crippen LogP contribution in [0.25, 0.3) is 0 Å². The van der Waals surface area contributed by atoms with Gasteiger partial charge in [0, 0.05) is 11.7 Å². The molecule has 0 aliphatic carbocycles. The molecule has 0 fully saturated rings. The van der Waals surface area contributed by atoms with E-state index in [-0.39, 0.29) is 25.0 Å². The number of anilines is 1. The van der Waals surface area contributed by atoms with Crippen LogP contribution in [-0.4, -0.2) is 37.8 Å². The fourth-order valence-electron chi connectivity index (χ4n) is 1.69. The first-order valence-electron chi connectivity index (χ1n) is 7.03.